The quantitative estimate of drug-likeness (QED) is 0.874. The highest BCUT2D eigenvalue weighted by Crippen LogP contribution is 2.34. The first-order chi connectivity index (χ1) is 8.22. The first kappa shape index (κ1) is 12.9. The molecule has 0 aromatic heterocycles. The third-order valence-corrected chi connectivity index (χ3v) is 4.07. The van der Waals surface area contributed by atoms with Gasteiger partial charge in [0, 0.05) is 16.5 Å². The highest BCUT2D eigenvalue weighted by Gasteiger charge is 2.23. The van der Waals surface area contributed by atoms with Crippen LogP contribution in [0.5, 0.6) is 0 Å². The van der Waals surface area contributed by atoms with Gasteiger partial charge in [0.2, 0.25) is 0 Å². The van der Waals surface area contributed by atoms with Crippen LogP contribution in [0.4, 0.5) is 4.39 Å². The van der Waals surface area contributed by atoms with Gasteiger partial charge in [-0.25, -0.2) is 4.39 Å². The van der Waals surface area contributed by atoms with E-state index in [1.807, 2.05) is 19.9 Å². The molecule has 0 amide bonds. The van der Waals surface area contributed by atoms with E-state index in [0.717, 1.165) is 30.2 Å². The molecule has 0 aliphatic carbocycles. The minimum Gasteiger partial charge on any atom is -0.379 e. The van der Waals surface area contributed by atoms with E-state index in [1.54, 1.807) is 17.8 Å². The molecule has 1 aromatic rings. The fraction of sp³-hybridized carbons (Fsp3) is 0.538. The molecule has 4 heteroatoms. The molecule has 1 aliphatic rings. The predicted molar refractivity (Wildman–Crippen MR) is 69.0 cm³/mol. The fourth-order valence-corrected chi connectivity index (χ4v) is 3.16. The van der Waals surface area contributed by atoms with E-state index < -0.39 is 0 Å². The van der Waals surface area contributed by atoms with Gasteiger partial charge in [0.1, 0.15) is 5.82 Å². The average Bonchev–Trinajstić information content (AvgIpc) is 2.23. The summed E-state index contributed by atoms with van der Waals surface area (Å²) in [5, 5.41) is 3.74. The zero-order valence-electron chi connectivity index (χ0n) is 10.2. The lowest BCUT2D eigenvalue weighted by Gasteiger charge is -2.27. The summed E-state index contributed by atoms with van der Waals surface area (Å²) in [6, 6.07) is 5.35. The minimum atomic E-state index is -0.122. The summed E-state index contributed by atoms with van der Waals surface area (Å²) in [5.41, 5.74) is 0.784. The number of hydrogen-bond donors (Lipinski definition) is 1. The summed E-state index contributed by atoms with van der Waals surface area (Å²) in [6.45, 7) is 6.42. The number of hydrogen-bond acceptors (Lipinski definition) is 3. The van der Waals surface area contributed by atoms with Gasteiger partial charge >= 0.3 is 0 Å². The van der Waals surface area contributed by atoms with Crippen LogP contribution < -0.4 is 5.32 Å². The first-order valence-electron chi connectivity index (χ1n) is 5.98. The molecule has 94 valence electrons. The van der Waals surface area contributed by atoms with Gasteiger partial charge in [0.25, 0.3) is 0 Å². The largest absolute Gasteiger partial charge is 0.379 e. The van der Waals surface area contributed by atoms with Crippen LogP contribution in [0.15, 0.2) is 23.1 Å². The van der Waals surface area contributed by atoms with E-state index in [0.29, 0.717) is 5.25 Å². The molecular weight excluding hydrogens is 237 g/mol. The number of ether oxygens (including phenoxy) is 1. The Kier molecular flexibility index (Phi) is 4.42. The third kappa shape index (κ3) is 3.00. The molecule has 17 heavy (non-hydrogen) atoms. The van der Waals surface area contributed by atoms with Gasteiger partial charge in [-0.2, -0.15) is 0 Å². The van der Waals surface area contributed by atoms with Crippen LogP contribution in [0.1, 0.15) is 25.5 Å². The number of benzene rings is 1. The van der Waals surface area contributed by atoms with Crippen molar-refractivity contribution in [1.29, 1.82) is 0 Å². The zero-order valence-corrected chi connectivity index (χ0v) is 11.0. The highest BCUT2D eigenvalue weighted by molar-refractivity contribution is 8.00. The van der Waals surface area contributed by atoms with Gasteiger partial charge in [-0.1, -0.05) is 13.0 Å². The monoisotopic (exact) mass is 255 g/mol. The fourth-order valence-electron chi connectivity index (χ4n) is 1.91. The first-order valence-corrected chi connectivity index (χ1v) is 6.86. The minimum absolute atomic E-state index is 0.0460. The van der Waals surface area contributed by atoms with Crippen molar-refractivity contribution in [3.63, 3.8) is 0 Å². The van der Waals surface area contributed by atoms with Crippen molar-refractivity contribution in [2.45, 2.75) is 30.0 Å². The van der Waals surface area contributed by atoms with Crippen molar-refractivity contribution < 1.29 is 9.13 Å². The lowest BCUT2D eigenvalue weighted by molar-refractivity contribution is 0.0455. The van der Waals surface area contributed by atoms with Gasteiger partial charge < -0.3 is 10.1 Å². The van der Waals surface area contributed by atoms with Crippen molar-refractivity contribution in [2.75, 3.05) is 19.8 Å². The van der Waals surface area contributed by atoms with E-state index in [9.17, 15) is 4.39 Å². The van der Waals surface area contributed by atoms with Gasteiger partial charge in [0.15, 0.2) is 0 Å². The molecular formula is C13H18FNOS. The van der Waals surface area contributed by atoms with Crippen molar-refractivity contribution >= 4 is 11.8 Å². The van der Waals surface area contributed by atoms with Crippen molar-refractivity contribution in [2.24, 2.45) is 0 Å². The summed E-state index contributed by atoms with van der Waals surface area (Å²) >= 11 is 1.72. The molecule has 2 rings (SSSR count). The molecule has 1 heterocycles. The van der Waals surface area contributed by atoms with E-state index >= 15 is 0 Å². The zero-order chi connectivity index (χ0) is 12.3. The van der Waals surface area contributed by atoms with Crippen molar-refractivity contribution in [3.8, 4) is 0 Å². The summed E-state index contributed by atoms with van der Waals surface area (Å²) < 4.78 is 19.1. The molecule has 0 saturated carbocycles. The summed E-state index contributed by atoms with van der Waals surface area (Å²) in [7, 11) is 0. The topological polar surface area (TPSA) is 21.3 Å². The SMILES string of the molecule is CCNC(C)c1c(F)cccc1SC1COC1. The Morgan fingerprint density at radius 1 is 1.53 bits per heavy atom. The molecule has 0 bridgehead atoms. The van der Waals surface area contributed by atoms with E-state index in [-0.39, 0.29) is 11.9 Å². The van der Waals surface area contributed by atoms with Gasteiger partial charge in [-0.3, -0.25) is 0 Å². The smallest absolute Gasteiger partial charge is 0.129 e. The second-order valence-electron chi connectivity index (χ2n) is 4.21. The Morgan fingerprint density at radius 2 is 2.29 bits per heavy atom. The molecule has 1 N–H and O–H groups in total. The second kappa shape index (κ2) is 5.85. The van der Waals surface area contributed by atoms with Crippen LogP contribution in [-0.4, -0.2) is 25.0 Å². The van der Waals surface area contributed by atoms with Gasteiger partial charge in [-0.15, -0.1) is 11.8 Å². The number of rotatable bonds is 5. The van der Waals surface area contributed by atoms with E-state index in [1.165, 1.54) is 6.07 Å². The van der Waals surface area contributed by atoms with Crippen LogP contribution in [0, 0.1) is 5.82 Å². The average molecular weight is 255 g/mol. The van der Waals surface area contributed by atoms with Crippen LogP contribution in [-0.2, 0) is 4.74 Å². The second-order valence-corrected chi connectivity index (χ2v) is 5.55. The lowest BCUT2D eigenvalue weighted by Crippen LogP contribution is -2.30. The molecule has 1 fully saturated rings. The van der Waals surface area contributed by atoms with Gasteiger partial charge in [-0.05, 0) is 25.6 Å². The molecule has 1 atom stereocenters. The number of halogens is 1. The van der Waals surface area contributed by atoms with Crippen LogP contribution in [0.25, 0.3) is 0 Å². The molecule has 0 spiro atoms. The summed E-state index contributed by atoms with van der Waals surface area (Å²) in [5.74, 6) is -0.122. The molecule has 1 aromatic carbocycles. The normalized spacial score (nSPS) is 17.8. The molecule has 1 unspecified atom stereocenters. The lowest BCUT2D eigenvalue weighted by atomic mass is 10.1. The Labute approximate surface area is 106 Å². The predicted octanol–water partition coefficient (Wildman–Crippen LogP) is 2.99. The summed E-state index contributed by atoms with van der Waals surface area (Å²) in [6.07, 6.45) is 0. The standard InChI is InChI=1S/C13H18FNOS/c1-3-15-9(2)13-11(14)5-4-6-12(13)17-10-7-16-8-10/h4-6,9-10,15H,3,7-8H2,1-2H3. The van der Waals surface area contributed by atoms with Gasteiger partial charge in [0.05, 0.1) is 18.5 Å². The maximum absolute atomic E-state index is 13.9. The Bertz CT molecular complexity index is 382. The molecule has 0 radical (unpaired) electrons. The van der Waals surface area contributed by atoms with Crippen molar-refractivity contribution in [1.82, 2.24) is 5.32 Å². The highest BCUT2D eigenvalue weighted by atomic mass is 32.2. The van der Waals surface area contributed by atoms with Crippen LogP contribution in [0.2, 0.25) is 0 Å². The number of nitrogens with one attached hydrogen (secondary N) is 1. The third-order valence-electron chi connectivity index (χ3n) is 2.86. The molecule has 2 nitrogen and oxygen atoms in total. The maximum atomic E-state index is 13.9. The van der Waals surface area contributed by atoms with Crippen molar-refractivity contribution in [3.05, 3.63) is 29.6 Å². The number of thioether (sulfide) groups is 1. The summed E-state index contributed by atoms with van der Waals surface area (Å²) in [4.78, 5) is 1.03. The molecule has 1 aliphatic heterocycles. The van der Waals surface area contributed by atoms with Crippen LogP contribution in [0.3, 0.4) is 0 Å². The Hall–Kier alpha value is -0.580. The molecule has 1 saturated heterocycles. The maximum Gasteiger partial charge on any atom is 0.129 e. The van der Waals surface area contributed by atoms with Crippen LogP contribution >= 0.6 is 11.8 Å². The van der Waals surface area contributed by atoms with E-state index in [4.69, 9.17) is 4.74 Å². The Morgan fingerprint density at radius 3 is 2.88 bits per heavy atom. The van der Waals surface area contributed by atoms with E-state index in [2.05, 4.69) is 5.32 Å². The Balaban J connectivity index is 2.20.